The molecule has 2 aromatic carbocycles. The zero-order valence-corrected chi connectivity index (χ0v) is 18.1. The first kappa shape index (κ1) is 20.3. The number of hydrogen-bond acceptors (Lipinski definition) is 3. The first-order valence-electron chi connectivity index (χ1n) is 8.94. The number of anilines is 1. The van der Waals surface area contributed by atoms with Gasteiger partial charge in [0.25, 0.3) is 0 Å². The van der Waals surface area contributed by atoms with Gasteiger partial charge in [0.1, 0.15) is 6.23 Å². The van der Waals surface area contributed by atoms with Gasteiger partial charge in [-0.3, -0.25) is 9.47 Å². The van der Waals surface area contributed by atoms with Crippen molar-refractivity contribution in [2.75, 3.05) is 11.9 Å². The minimum atomic E-state index is -1.03. The Morgan fingerprint density at radius 2 is 2.03 bits per heavy atom. The summed E-state index contributed by atoms with van der Waals surface area (Å²) in [4.78, 5) is 29.3. The summed E-state index contributed by atoms with van der Waals surface area (Å²) in [5, 5.41) is 14.0. The summed E-state index contributed by atoms with van der Waals surface area (Å²) in [6, 6.07) is 9.66. The second-order valence-corrected chi connectivity index (χ2v) is 8.51. The molecule has 7 nitrogen and oxygen atoms in total. The highest BCUT2D eigenvalue weighted by Gasteiger charge is 2.32. The number of nitrogens with one attached hydrogen (secondary N) is 2. The number of hydrogen-bond donors (Lipinski definition) is 3. The molecule has 152 valence electrons. The predicted octanol–water partition coefficient (Wildman–Crippen LogP) is 4.59. The number of imidazole rings is 1. The Hall–Kier alpha value is -2.00. The van der Waals surface area contributed by atoms with Crippen LogP contribution in [-0.2, 0) is 0 Å². The third kappa shape index (κ3) is 3.90. The van der Waals surface area contributed by atoms with E-state index in [1.807, 2.05) is 18.2 Å². The van der Waals surface area contributed by atoms with Crippen molar-refractivity contribution in [3.63, 3.8) is 0 Å². The van der Waals surface area contributed by atoms with Crippen molar-refractivity contribution in [3.8, 4) is 0 Å². The van der Waals surface area contributed by atoms with Crippen LogP contribution in [0.3, 0.4) is 0 Å². The summed E-state index contributed by atoms with van der Waals surface area (Å²) in [6.45, 7) is 0.298. The molecule has 3 N–H and O–H groups in total. The zero-order valence-electron chi connectivity index (χ0n) is 15.0. The number of carbonyl (C=O) groups excluding carboxylic acids is 1. The number of piperidine rings is 1. The molecule has 1 saturated heterocycles. The van der Waals surface area contributed by atoms with Crippen LogP contribution in [0.2, 0.25) is 10.0 Å². The van der Waals surface area contributed by atoms with Crippen LogP contribution in [0.4, 0.5) is 10.5 Å². The lowest BCUT2D eigenvalue weighted by molar-refractivity contribution is -0.00847. The highest BCUT2D eigenvalue weighted by Crippen LogP contribution is 2.30. The van der Waals surface area contributed by atoms with E-state index in [4.69, 9.17) is 23.2 Å². The maximum Gasteiger partial charge on any atom is 0.326 e. The van der Waals surface area contributed by atoms with Crippen molar-refractivity contribution in [2.24, 2.45) is 0 Å². The number of halogens is 3. The molecule has 10 heteroatoms. The van der Waals surface area contributed by atoms with E-state index in [1.54, 1.807) is 22.8 Å². The molecule has 1 aliphatic rings. The minimum Gasteiger partial charge on any atom is -0.373 e. The molecule has 2 unspecified atom stereocenters. The Balaban J connectivity index is 1.51. The second kappa shape index (κ2) is 8.02. The standard InChI is InChI=1S/C19H17BrCl2N4O3/c20-12-2-1-3-15-17(12)24-19(29)26(15)11-6-7-25(16(27)9-11)18(28)23-10-4-5-13(21)14(22)8-10/h1-5,8,11,16,27H,6-7,9H2,(H,23,28)(H,24,29). The molecule has 2 atom stereocenters. The number of para-hydroxylation sites is 1. The molecule has 2 heterocycles. The fourth-order valence-electron chi connectivity index (χ4n) is 3.64. The molecule has 1 fully saturated rings. The van der Waals surface area contributed by atoms with E-state index in [-0.39, 0.29) is 18.2 Å². The monoisotopic (exact) mass is 498 g/mol. The molecule has 4 rings (SSSR count). The lowest BCUT2D eigenvalue weighted by atomic mass is 10.0. The van der Waals surface area contributed by atoms with Crippen LogP contribution in [-0.4, -0.2) is 38.4 Å². The number of amides is 2. The van der Waals surface area contributed by atoms with Gasteiger partial charge in [-0.1, -0.05) is 29.3 Å². The quantitative estimate of drug-likeness (QED) is 0.481. The van der Waals surface area contributed by atoms with Gasteiger partial charge in [0, 0.05) is 29.2 Å². The van der Waals surface area contributed by atoms with Gasteiger partial charge < -0.3 is 15.4 Å². The van der Waals surface area contributed by atoms with E-state index in [9.17, 15) is 14.7 Å². The number of aromatic amines is 1. The van der Waals surface area contributed by atoms with Crippen LogP contribution in [0, 0.1) is 0 Å². The molecule has 0 bridgehead atoms. The minimum absolute atomic E-state index is 0.227. The van der Waals surface area contributed by atoms with Crippen molar-refractivity contribution >= 4 is 61.9 Å². The summed E-state index contributed by atoms with van der Waals surface area (Å²) < 4.78 is 2.45. The third-order valence-corrected chi connectivity index (χ3v) is 6.44. The normalized spacial score (nSPS) is 19.5. The van der Waals surface area contributed by atoms with Crippen LogP contribution in [0.1, 0.15) is 18.9 Å². The summed E-state index contributed by atoms with van der Waals surface area (Å²) in [7, 11) is 0. The maximum absolute atomic E-state index is 12.6. The first-order chi connectivity index (χ1) is 13.8. The van der Waals surface area contributed by atoms with Gasteiger partial charge >= 0.3 is 11.7 Å². The lowest BCUT2D eigenvalue weighted by Gasteiger charge is -2.36. The largest absolute Gasteiger partial charge is 0.373 e. The summed E-state index contributed by atoms with van der Waals surface area (Å²) in [5.74, 6) is 0. The van der Waals surface area contributed by atoms with Crippen molar-refractivity contribution in [1.29, 1.82) is 0 Å². The first-order valence-corrected chi connectivity index (χ1v) is 10.5. The summed E-state index contributed by atoms with van der Waals surface area (Å²) >= 11 is 15.3. The van der Waals surface area contributed by atoms with Crippen LogP contribution in [0.15, 0.2) is 45.7 Å². The van der Waals surface area contributed by atoms with Crippen molar-refractivity contribution < 1.29 is 9.90 Å². The summed E-state index contributed by atoms with van der Waals surface area (Å²) in [6.07, 6.45) is -0.250. The average molecular weight is 500 g/mol. The lowest BCUT2D eigenvalue weighted by Crippen LogP contribution is -2.49. The molecule has 1 aliphatic heterocycles. The van der Waals surface area contributed by atoms with Gasteiger partial charge in [-0.2, -0.15) is 0 Å². The van der Waals surface area contributed by atoms with Crippen molar-refractivity contribution in [2.45, 2.75) is 25.1 Å². The number of urea groups is 1. The van der Waals surface area contributed by atoms with Crippen molar-refractivity contribution in [3.05, 3.63) is 61.4 Å². The van der Waals surface area contributed by atoms with E-state index >= 15 is 0 Å². The van der Waals surface area contributed by atoms with Crippen LogP contribution in [0.5, 0.6) is 0 Å². The number of fused-ring (bicyclic) bond motifs is 1. The molecule has 2 amide bonds. The zero-order chi connectivity index (χ0) is 20.7. The number of aliphatic hydroxyl groups is 1. The molecular weight excluding hydrogens is 483 g/mol. The van der Waals surface area contributed by atoms with Crippen LogP contribution >= 0.6 is 39.1 Å². The molecule has 29 heavy (non-hydrogen) atoms. The molecule has 0 saturated carbocycles. The number of rotatable bonds is 2. The van der Waals surface area contributed by atoms with E-state index in [0.717, 1.165) is 9.99 Å². The SMILES string of the molecule is O=C(Nc1ccc(Cl)c(Cl)c1)N1CCC(n2c(=O)[nH]c3c(Br)cccc32)CC1O. The van der Waals surface area contributed by atoms with Crippen LogP contribution < -0.4 is 11.0 Å². The Bertz CT molecular complexity index is 1150. The number of nitrogens with zero attached hydrogens (tertiary/aromatic N) is 2. The molecule has 0 spiro atoms. The second-order valence-electron chi connectivity index (χ2n) is 6.85. The van der Waals surface area contributed by atoms with Gasteiger partial charge in [-0.15, -0.1) is 0 Å². The van der Waals surface area contributed by atoms with E-state index < -0.39 is 12.3 Å². The Labute approximate surface area is 184 Å². The fourth-order valence-corrected chi connectivity index (χ4v) is 4.40. The maximum atomic E-state index is 12.6. The van der Waals surface area contributed by atoms with E-state index in [2.05, 4.69) is 26.2 Å². The topological polar surface area (TPSA) is 90.4 Å². The number of benzene rings is 2. The highest BCUT2D eigenvalue weighted by atomic mass is 79.9. The average Bonchev–Trinajstić information content (AvgIpc) is 3.02. The number of H-pyrrole nitrogens is 1. The van der Waals surface area contributed by atoms with Gasteiger partial charge in [-0.05, 0) is 52.7 Å². The fraction of sp³-hybridized carbons (Fsp3) is 0.263. The Morgan fingerprint density at radius 3 is 2.76 bits per heavy atom. The van der Waals surface area contributed by atoms with Gasteiger partial charge in [0.05, 0.1) is 21.1 Å². The number of aromatic nitrogens is 2. The molecule has 0 aliphatic carbocycles. The predicted molar refractivity (Wildman–Crippen MR) is 117 cm³/mol. The third-order valence-electron chi connectivity index (χ3n) is 5.04. The highest BCUT2D eigenvalue weighted by molar-refractivity contribution is 9.10. The van der Waals surface area contributed by atoms with E-state index in [0.29, 0.717) is 34.2 Å². The number of aliphatic hydroxyl groups excluding tert-OH is 1. The van der Waals surface area contributed by atoms with Crippen molar-refractivity contribution in [1.82, 2.24) is 14.5 Å². The summed E-state index contributed by atoms with van der Waals surface area (Å²) in [5.41, 5.74) is 1.72. The smallest absolute Gasteiger partial charge is 0.326 e. The number of carbonyl (C=O) groups is 1. The molecular formula is C19H17BrCl2N4O3. The molecule has 3 aromatic rings. The molecule has 1 aromatic heterocycles. The van der Waals surface area contributed by atoms with Crippen LogP contribution in [0.25, 0.3) is 11.0 Å². The Kier molecular flexibility index (Phi) is 5.61. The Morgan fingerprint density at radius 1 is 1.24 bits per heavy atom. The molecule has 0 radical (unpaired) electrons. The number of likely N-dealkylation sites (tertiary alicyclic amines) is 1. The van der Waals surface area contributed by atoms with Gasteiger partial charge in [0.15, 0.2) is 0 Å². The van der Waals surface area contributed by atoms with E-state index in [1.165, 1.54) is 4.90 Å². The van der Waals surface area contributed by atoms with Gasteiger partial charge in [0.2, 0.25) is 0 Å². The van der Waals surface area contributed by atoms with Gasteiger partial charge in [-0.25, -0.2) is 9.59 Å².